The number of imide groups is 1. The molecule has 1 fully saturated rings. The van der Waals surface area contributed by atoms with Crippen molar-refractivity contribution in [1.29, 1.82) is 0 Å². The number of nitrogens with zero attached hydrogens (tertiary/aromatic N) is 2. The van der Waals surface area contributed by atoms with Crippen molar-refractivity contribution in [3.63, 3.8) is 0 Å². The van der Waals surface area contributed by atoms with E-state index in [4.69, 9.17) is 9.47 Å². The monoisotopic (exact) mass is 573 g/mol. The lowest BCUT2D eigenvalue weighted by Crippen LogP contribution is -2.41. The number of amides is 2. The fraction of sp³-hybridized carbons (Fsp3) is 0.438. The Labute approximate surface area is 247 Å². The summed E-state index contributed by atoms with van der Waals surface area (Å²) in [5.74, 6) is -0.488. The maximum absolute atomic E-state index is 13.4. The van der Waals surface area contributed by atoms with Gasteiger partial charge < -0.3 is 29.7 Å². The summed E-state index contributed by atoms with van der Waals surface area (Å²) in [5, 5.41) is 24.3. The summed E-state index contributed by atoms with van der Waals surface area (Å²) in [5.41, 5.74) is 3.34. The first kappa shape index (κ1) is 30.2. The van der Waals surface area contributed by atoms with E-state index in [2.05, 4.69) is 10.2 Å². The predicted molar refractivity (Wildman–Crippen MR) is 164 cm³/mol. The Balaban J connectivity index is 1.16. The number of carbonyl (C=O) groups excluding carboxylic acids is 2. The van der Waals surface area contributed by atoms with Crippen molar-refractivity contribution >= 4 is 40.9 Å². The van der Waals surface area contributed by atoms with Gasteiger partial charge in [-0.1, -0.05) is 36.4 Å². The molecule has 0 spiro atoms. The molecule has 2 aliphatic rings. The molecular formula is C32H40BN3O6. The van der Waals surface area contributed by atoms with Crippen LogP contribution in [-0.4, -0.2) is 85.0 Å². The molecular weight excluding hydrogens is 533 g/mol. The third kappa shape index (κ3) is 7.02. The molecule has 3 aromatic rings. The Morgan fingerprint density at radius 2 is 1.81 bits per heavy atom. The number of rotatable bonds is 14. The van der Waals surface area contributed by atoms with E-state index < -0.39 is 7.12 Å². The molecule has 222 valence electrons. The predicted octanol–water partition coefficient (Wildman–Crippen LogP) is 3.37. The van der Waals surface area contributed by atoms with Gasteiger partial charge in [-0.3, -0.25) is 14.5 Å². The van der Waals surface area contributed by atoms with Gasteiger partial charge in [0.15, 0.2) is 6.29 Å². The van der Waals surface area contributed by atoms with Crippen LogP contribution in [0.1, 0.15) is 64.8 Å². The van der Waals surface area contributed by atoms with E-state index in [0.29, 0.717) is 54.8 Å². The fourth-order valence-corrected chi connectivity index (χ4v) is 5.79. The van der Waals surface area contributed by atoms with Crippen LogP contribution in [0.4, 0.5) is 5.69 Å². The number of hydrogen-bond donors (Lipinski definition) is 3. The van der Waals surface area contributed by atoms with Crippen molar-refractivity contribution in [3.05, 3.63) is 71.3 Å². The van der Waals surface area contributed by atoms with E-state index in [-0.39, 0.29) is 18.1 Å². The van der Waals surface area contributed by atoms with Crippen LogP contribution in [0.15, 0.2) is 54.6 Å². The molecule has 1 saturated heterocycles. The van der Waals surface area contributed by atoms with Crippen LogP contribution in [-0.2, 0) is 16.0 Å². The van der Waals surface area contributed by atoms with E-state index in [9.17, 15) is 19.6 Å². The van der Waals surface area contributed by atoms with E-state index >= 15 is 0 Å². The number of anilines is 1. The number of likely N-dealkylation sites (N-methyl/N-ethyl adjacent to an activating group) is 1. The molecule has 3 N–H and O–H groups in total. The lowest BCUT2D eigenvalue weighted by molar-refractivity contribution is -0.162. The maximum Gasteiger partial charge on any atom is 0.488 e. The number of ether oxygens (including phenoxy) is 2. The number of nitrogens with one attached hydrogen (secondary N) is 1. The van der Waals surface area contributed by atoms with E-state index in [0.717, 1.165) is 61.8 Å². The molecule has 0 bridgehead atoms. The summed E-state index contributed by atoms with van der Waals surface area (Å²) in [6.45, 7) is 3.67. The Bertz CT molecular complexity index is 1370. The SMILES string of the molecule is CN(CCNc1ccc2c3c(cccc13)C(=O)N(CCCCCOC1CCCCO1)C2=O)Cc1ccccc1B(O)O. The Hall–Kier alpha value is -3.28. The summed E-state index contributed by atoms with van der Waals surface area (Å²) in [7, 11) is 0.470. The standard InChI is InChI=1S/C32H40BN3O6/c1-35(22-23-10-3-4-13-27(23)33(39)40)19-17-34-28-16-15-26-30-24(28)11-9-12-25(30)31(37)36(32(26)38)18-6-2-7-20-41-29-14-5-8-21-42-29/h3-4,9-13,15-16,29,34,39-40H,2,5-8,14,17-22H2,1H3. The molecule has 0 aliphatic carbocycles. The summed E-state index contributed by atoms with van der Waals surface area (Å²) in [6.07, 6.45) is 5.55. The van der Waals surface area contributed by atoms with Crippen LogP contribution >= 0.6 is 0 Å². The Morgan fingerprint density at radius 3 is 2.60 bits per heavy atom. The smallest absolute Gasteiger partial charge is 0.423 e. The quantitative estimate of drug-likeness (QED) is 0.153. The van der Waals surface area contributed by atoms with Gasteiger partial charge in [0.1, 0.15) is 0 Å². The van der Waals surface area contributed by atoms with Crippen LogP contribution in [0.25, 0.3) is 10.8 Å². The highest BCUT2D eigenvalue weighted by molar-refractivity contribution is 6.59. The minimum absolute atomic E-state index is 0.0920. The first-order valence-corrected chi connectivity index (χ1v) is 15.0. The van der Waals surface area contributed by atoms with Crippen LogP contribution in [0.5, 0.6) is 0 Å². The summed E-state index contributed by atoms with van der Waals surface area (Å²) >= 11 is 0. The largest absolute Gasteiger partial charge is 0.488 e. The third-order valence-electron chi connectivity index (χ3n) is 8.04. The van der Waals surface area contributed by atoms with Crippen molar-refractivity contribution < 1.29 is 29.1 Å². The molecule has 0 radical (unpaired) electrons. The van der Waals surface area contributed by atoms with Gasteiger partial charge in [-0.25, -0.2) is 0 Å². The minimum atomic E-state index is -1.51. The summed E-state index contributed by atoms with van der Waals surface area (Å²) < 4.78 is 11.4. The van der Waals surface area contributed by atoms with Crippen molar-refractivity contribution in [2.45, 2.75) is 51.4 Å². The lowest BCUT2D eigenvalue weighted by atomic mass is 9.77. The molecule has 3 aromatic carbocycles. The van der Waals surface area contributed by atoms with Crippen LogP contribution in [0, 0.1) is 0 Å². The molecule has 42 heavy (non-hydrogen) atoms. The Morgan fingerprint density at radius 1 is 1.00 bits per heavy atom. The maximum atomic E-state index is 13.4. The first-order chi connectivity index (χ1) is 20.4. The van der Waals surface area contributed by atoms with Crippen molar-refractivity contribution in [2.75, 3.05) is 45.2 Å². The molecule has 0 aromatic heterocycles. The molecule has 2 heterocycles. The fourth-order valence-electron chi connectivity index (χ4n) is 5.79. The summed E-state index contributed by atoms with van der Waals surface area (Å²) in [4.78, 5) is 30.3. The van der Waals surface area contributed by atoms with Gasteiger partial charge in [0.05, 0.1) is 0 Å². The second-order valence-electron chi connectivity index (χ2n) is 11.1. The number of hydrogen-bond acceptors (Lipinski definition) is 8. The van der Waals surface area contributed by atoms with Gasteiger partial charge in [0.25, 0.3) is 11.8 Å². The molecule has 0 saturated carbocycles. The third-order valence-corrected chi connectivity index (χ3v) is 8.04. The van der Waals surface area contributed by atoms with Gasteiger partial charge >= 0.3 is 7.12 Å². The van der Waals surface area contributed by atoms with Gasteiger partial charge in [0.2, 0.25) is 0 Å². The van der Waals surface area contributed by atoms with E-state index in [1.54, 1.807) is 18.2 Å². The average molecular weight is 573 g/mol. The van der Waals surface area contributed by atoms with E-state index in [1.165, 1.54) is 4.90 Å². The highest BCUT2D eigenvalue weighted by Crippen LogP contribution is 2.34. The van der Waals surface area contributed by atoms with Gasteiger partial charge in [-0.05, 0) is 74.8 Å². The highest BCUT2D eigenvalue weighted by Gasteiger charge is 2.33. The molecule has 9 nitrogen and oxygen atoms in total. The van der Waals surface area contributed by atoms with Crippen LogP contribution in [0.3, 0.4) is 0 Å². The van der Waals surface area contributed by atoms with Crippen LogP contribution in [0.2, 0.25) is 0 Å². The van der Waals surface area contributed by atoms with Gasteiger partial charge in [0, 0.05) is 67.0 Å². The molecule has 1 atom stereocenters. The number of unbranched alkanes of at least 4 members (excludes halogenated alkanes) is 2. The van der Waals surface area contributed by atoms with Gasteiger partial charge in [-0.2, -0.15) is 0 Å². The molecule has 5 rings (SSSR count). The van der Waals surface area contributed by atoms with Crippen LogP contribution < -0.4 is 10.8 Å². The van der Waals surface area contributed by atoms with Gasteiger partial charge in [-0.15, -0.1) is 0 Å². The average Bonchev–Trinajstić information content (AvgIpc) is 3.00. The van der Waals surface area contributed by atoms with Crippen molar-refractivity contribution in [2.24, 2.45) is 0 Å². The second kappa shape index (κ2) is 14.3. The molecule has 2 aliphatic heterocycles. The zero-order chi connectivity index (χ0) is 29.5. The summed E-state index contributed by atoms with van der Waals surface area (Å²) in [6, 6.07) is 16.6. The number of benzene rings is 3. The molecule has 1 unspecified atom stereocenters. The zero-order valence-corrected chi connectivity index (χ0v) is 24.3. The first-order valence-electron chi connectivity index (χ1n) is 15.0. The minimum Gasteiger partial charge on any atom is -0.423 e. The van der Waals surface area contributed by atoms with Crippen molar-refractivity contribution in [1.82, 2.24) is 9.80 Å². The lowest BCUT2D eigenvalue weighted by Gasteiger charge is -2.28. The molecule has 10 heteroatoms. The normalized spacial score (nSPS) is 16.9. The molecule has 2 amide bonds. The zero-order valence-electron chi connectivity index (χ0n) is 24.3. The highest BCUT2D eigenvalue weighted by atomic mass is 16.7. The second-order valence-corrected chi connectivity index (χ2v) is 11.1. The van der Waals surface area contributed by atoms with Crippen molar-refractivity contribution in [3.8, 4) is 0 Å². The topological polar surface area (TPSA) is 112 Å². The van der Waals surface area contributed by atoms with E-state index in [1.807, 2.05) is 43.4 Å². The number of carbonyl (C=O) groups is 2. The Kier molecular flexibility index (Phi) is 10.3.